The third kappa shape index (κ3) is 3.49. The Balaban J connectivity index is 2.05. The first-order valence-corrected chi connectivity index (χ1v) is 7.75. The highest BCUT2D eigenvalue weighted by molar-refractivity contribution is 9.10. The van der Waals surface area contributed by atoms with Gasteiger partial charge < -0.3 is 10.6 Å². The third-order valence-corrected chi connectivity index (χ3v) is 4.55. The fourth-order valence-electron chi connectivity index (χ4n) is 2.56. The van der Waals surface area contributed by atoms with Crippen molar-refractivity contribution in [2.45, 2.75) is 44.3 Å². The van der Waals surface area contributed by atoms with Gasteiger partial charge in [0.2, 0.25) is 0 Å². The van der Waals surface area contributed by atoms with Gasteiger partial charge in [-0.25, -0.2) is 4.68 Å². The first-order valence-electron chi connectivity index (χ1n) is 6.96. The number of rotatable bonds is 5. The van der Waals surface area contributed by atoms with Crippen LogP contribution in [-0.2, 0) is 6.54 Å². The van der Waals surface area contributed by atoms with Crippen molar-refractivity contribution in [3.8, 4) is 0 Å². The molecule has 1 fully saturated rings. The van der Waals surface area contributed by atoms with E-state index < -0.39 is 0 Å². The van der Waals surface area contributed by atoms with Gasteiger partial charge in [0.05, 0.1) is 18.4 Å². The summed E-state index contributed by atoms with van der Waals surface area (Å²) in [6.07, 6.45) is 7.90. The van der Waals surface area contributed by atoms with Gasteiger partial charge in [-0.2, -0.15) is 5.10 Å². The van der Waals surface area contributed by atoms with Gasteiger partial charge in [0, 0.05) is 12.1 Å². The number of halogens is 1. The Morgan fingerprint density at radius 1 is 1.45 bits per heavy atom. The van der Waals surface area contributed by atoms with Crippen LogP contribution in [0, 0.1) is 0 Å². The van der Waals surface area contributed by atoms with E-state index in [1.165, 1.54) is 4.68 Å². The van der Waals surface area contributed by atoms with Crippen molar-refractivity contribution < 1.29 is 0 Å². The van der Waals surface area contributed by atoms with E-state index in [0.717, 1.165) is 31.4 Å². The van der Waals surface area contributed by atoms with Crippen LogP contribution in [0.1, 0.15) is 25.7 Å². The molecule has 1 aliphatic rings. The molecule has 0 saturated heterocycles. The SMILES string of the molecule is C=CCn1ncc(NC2CCC(NC)CC2)c(Br)c1=O. The second kappa shape index (κ2) is 7.04. The molecule has 6 heteroatoms. The maximum absolute atomic E-state index is 12.1. The fraction of sp³-hybridized carbons (Fsp3) is 0.571. The molecule has 1 aromatic rings. The standard InChI is InChI=1S/C14H21BrN4O/c1-3-8-19-14(20)13(15)12(9-17-19)18-11-6-4-10(16-2)5-7-11/h3,9-11,16,18H,1,4-8H2,2H3. The van der Waals surface area contributed by atoms with E-state index in [9.17, 15) is 4.79 Å². The van der Waals surface area contributed by atoms with Gasteiger partial charge in [-0.05, 0) is 48.7 Å². The molecule has 2 N–H and O–H groups in total. The van der Waals surface area contributed by atoms with Crippen LogP contribution in [0.5, 0.6) is 0 Å². The lowest BCUT2D eigenvalue weighted by molar-refractivity contribution is 0.371. The molecule has 0 unspecified atom stereocenters. The van der Waals surface area contributed by atoms with Crippen LogP contribution in [0.2, 0.25) is 0 Å². The summed E-state index contributed by atoms with van der Waals surface area (Å²) in [6.45, 7) is 4.04. The zero-order valence-corrected chi connectivity index (χ0v) is 13.3. The summed E-state index contributed by atoms with van der Waals surface area (Å²) in [5.74, 6) is 0. The van der Waals surface area contributed by atoms with Crippen LogP contribution in [-0.4, -0.2) is 28.9 Å². The molecule has 5 nitrogen and oxygen atoms in total. The Bertz CT molecular complexity index is 520. The summed E-state index contributed by atoms with van der Waals surface area (Å²) in [5.41, 5.74) is 0.655. The number of hydrogen-bond acceptors (Lipinski definition) is 4. The lowest BCUT2D eigenvalue weighted by Crippen LogP contribution is -2.35. The summed E-state index contributed by atoms with van der Waals surface area (Å²) >= 11 is 3.37. The Morgan fingerprint density at radius 3 is 2.70 bits per heavy atom. The Labute approximate surface area is 127 Å². The van der Waals surface area contributed by atoms with Crippen LogP contribution in [0.3, 0.4) is 0 Å². The van der Waals surface area contributed by atoms with E-state index in [-0.39, 0.29) is 5.56 Å². The molecule has 1 aromatic heterocycles. The Morgan fingerprint density at radius 2 is 2.10 bits per heavy atom. The first-order chi connectivity index (χ1) is 9.65. The normalized spacial score (nSPS) is 22.5. The molecule has 2 rings (SSSR count). The number of anilines is 1. The largest absolute Gasteiger partial charge is 0.380 e. The minimum Gasteiger partial charge on any atom is -0.380 e. The maximum atomic E-state index is 12.1. The number of nitrogens with one attached hydrogen (secondary N) is 2. The van der Waals surface area contributed by atoms with E-state index in [0.29, 0.717) is 23.1 Å². The van der Waals surface area contributed by atoms with E-state index >= 15 is 0 Å². The topological polar surface area (TPSA) is 59.0 Å². The monoisotopic (exact) mass is 340 g/mol. The molecule has 0 aromatic carbocycles. The zero-order valence-electron chi connectivity index (χ0n) is 11.7. The molecule has 0 atom stereocenters. The maximum Gasteiger partial charge on any atom is 0.283 e. The lowest BCUT2D eigenvalue weighted by Gasteiger charge is -2.29. The van der Waals surface area contributed by atoms with Crippen molar-refractivity contribution in [2.75, 3.05) is 12.4 Å². The van der Waals surface area contributed by atoms with Crippen molar-refractivity contribution in [1.29, 1.82) is 0 Å². The molecule has 0 amide bonds. The van der Waals surface area contributed by atoms with E-state index in [2.05, 4.69) is 38.2 Å². The van der Waals surface area contributed by atoms with E-state index in [4.69, 9.17) is 0 Å². The number of nitrogens with zero attached hydrogens (tertiary/aromatic N) is 2. The van der Waals surface area contributed by atoms with Crippen molar-refractivity contribution in [3.05, 3.63) is 33.7 Å². The van der Waals surface area contributed by atoms with Gasteiger partial charge >= 0.3 is 0 Å². The smallest absolute Gasteiger partial charge is 0.283 e. The van der Waals surface area contributed by atoms with Crippen molar-refractivity contribution >= 4 is 21.6 Å². The molecule has 0 aliphatic heterocycles. The highest BCUT2D eigenvalue weighted by Crippen LogP contribution is 2.24. The second-order valence-electron chi connectivity index (χ2n) is 5.13. The Hall–Kier alpha value is -1.14. The number of allylic oxidation sites excluding steroid dienone is 1. The van der Waals surface area contributed by atoms with Gasteiger partial charge in [0.25, 0.3) is 5.56 Å². The lowest BCUT2D eigenvalue weighted by atomic mass is 9.91. The minimum atomic E-state index is -0.126. The van der Waals surface area contributed by atoms with Crippen LogP contribution >= 0.6 is 15.9 Å². The van der Waals surface area contributed by atoms with Gasteiger partial charge in [-0.1, -0.05) is 6.08 Å². The molecule has 1 saturated carbocycles. The first kappa shape index (κ1) is 15.3. The van der Waals surface area contributed by atoms with Crippen LogP contribution in [0.4, 0.5) is 5.69 Å². The van der Waals surface area contributed by atoms with Crippen LogP contribution in [0.25, 0.3) is 0 Å². The number of aromatic nitrogens is 2. The van der Waals surface area contributed by atoms with Crippen molar-refractivity contribution in [3.63, 3.8) is 0 Å². The molecule has 0 radical (unpaired) electrons. The minimum absolute atomic E-state index is 0.126. The van der Waals surface area contributed by atoms with Crippen molar-refractivity contribution in [2.24, 2.45) is 0 Å². The van der Waals surface area contributed by atoms with Crippen LogP contribution < -0.4 is 16.2 Å². The molecule has 0 spiro atoms. The van der Waals surface area contributed by atoms with E-state index in [1.54, 1.807) is 12.3 Å². The van der Waals surface area contributed by atoms with Crippen LogP contribution in [0.15, 0.2) is 28.1 Å². The van der Waals surface area contributed by atoms with Gasteiger partial charge in [0.15, 0.2) is 0 Å². The van der Waals surface area contributed by atoms with Crippen molar-refractivity contribution in [1.82, 2.24) is 15.1 Å². The predicted octanol–water partition coefficient (Wildman–Crippen LogP) is 2.13. The molecular formula is C14H21BrN4O. The molecular weight excluding hydrogens is 320 g/mol. The summed E-state index contributed by atoms with van der Waals surface area (Å²) in [4.78, 5) is 12.1. The zero-order chi connectivity index (χ0) is 14.5. The molecule has 1 heterocycles. The second-order valence-corrected chi connectivity index (χ2v) is 5.92. The highest BCUT2D eigenvalue weighted by Gasteiger charge is 2.21. The third-order valence-electron chi connectivity index (χ3n) is 3.78. The predicted molar refractivity (Wildman–Crippen MR) is 85.1 cm³/mol. The Kier molecular flexibility index (Phi) is 5.37. The van der Waals surface area contributed by atoms with Gasteiger partial charge in [-0.15, -0.1) is 6.58 Å². The molecule has 1 aliphatic carbocycles. The van der Waals surface area contributed by atoms with Gasteiger partial charge in [-0.3, -0.25) is 4.79 Å². The average molecular weight is 341 g/mol. The molecule has 20 heavy (non-hydrogen) atoms. The van der Waals surface area contributed by atoms with Gasteiger partial charge in [0.1, 0.15) is 4.47 Å². The summed E-state index contributed by atoms with van der Waals surface area (Å²) < 4.78 is 1.94. The summed E-state index contributed by atoms with van der Waals surface area (Å²) in [7, 11) is 2.01. The highest BCUT2D eigenvalue weighted by atomic mass is 79.9. The number of hydrogen-bond donors (Lipinski definition) is 2. The quantitative estimate of drug-likeness (QED) is 0.806. The molecule has 0 bridgehead atoms. The summed E-state index contributed by atoms with van der Waals surface area (Å²) in [6, 6.07) is 1.03. The average Bonchev–Trinajstić information content (AvgIpc) is 2.48. The van der Waals surface area contributed by atoms with E-state index in [1.807, 2.05) is 7.05 Å². The fourth-order valence-corrected chi connectivity index (χ4v) is 2.99. The summed E-state index contributed by atoms with van der Waals surface area (Å²) in [5, 5.41) is 10.9. The molecule has 110 valence electrons.